The average Bonchev–Trinajstić information content (AvgIpc) is 3.85. The van der Waals surface area contributed by atoms with E-state index in [1.165, 1.54) is 15.5 Å². The smallest absolute Gasteiger partial charge is 0.109 e. The molecule has 0 aliphatic carbocycles. The summed E-state index contributed by atoms with van der Waals surface area (Å²) in [5.74, 6) is 7.94. The number of para-hydroxylation sites is 2. The molecule has 6 aromatic carbocycles. The minimum atomic E-state index is -1.91. The van der Waals surface area contributed by atoms with Crippen molar-refractivity contribution in [2.75, 3.05) is 0 Å². The fraction of sp³-hybridized carbons (Fsp3) is 0.0943. The Hall–Kier alpha value is -6.43. The van der Waals surface area contributed by atoms with Gasteiger partial charge in [-0.05, 0) is 41.0 Å². The zero-order valence-electron chi connectivity index (χ0n) is 34.5. The maximum atomic E-state index is 7.46. The van der Waals surface area contributed by atoms with Crippen molar-refractivity contribution in [3.05, 3.63) is 193 Å². The number of nitrogens with zero attached hydrogens (tertiary/aromatic N) is 5. The minimum Gasteiger partial charge on any atom is -0.333 e. The van der Waals surface area contributed by atoms with E-state index in [-0.39, 0.29) is 20.1 Å². The molecule has 0 atom stereocenters. The molecule has 4 heterocycles. The number of fused-ring (bicyclic) bond motifs is 4. The normalized spacial score (nSPS) is 11.2. The van der Waals surface area contributed by atoms with Gasteiger partial charge in [0.1, 0.15) is 5.69 Å². The Balaban J connectivity index is 0.000000175. The van der Waals surface area contributed by atoms with Gasteiger partial charge < -0.3 is 4.57 Å². The van der Waals surface area contributed by atoms with E-state index in [4.69, 9.17) is 21.0 Å². The van der Waals surface area contributed by atoms with Crippen LogP contribution < -0.4 is 4.40 Å². The number of imidazole rings is 1. The van der Waals surface area contributed by atoms with Crippen LogP contribution in [0.25, 0.3) is 88.5 Å². The van der Waals surface area contributed by atoms with E-state index in [9.17, 15) is 0 Å². The van der Waals surface area contributed by atoms with E-state index in [1.54, 1.807) is 12.1 Å². The molecule has 0 unspecified atom stereocenters. The second-order valence-corrected chi connectivity index (χ2v) is 26.5. The maximum Gasteiger partial charge on any atom is 0.109 e. The topological polar surface area (TPSA) is 61.1 Å². The summed E-state index contributed by atoms with van der Waals surface area (Å²) in [5.41, 5.74) is 14.4. The molecule has 10 aromatic rings. The molecule has 61 heavy (non-hydrogen) atoms. The zero-order valence-corrected chi connectivity index (χ0v) is 39.0. The Morgan fingerprint density at radius 2 is 1.41 bits per heavy atom. The van der Waals surface area contributed by atoms with Gasteiger partial charge in [-0.15, -0.1) is 23.8 Å². The van der Waals surface area contributed by atoms with E-state index >= 15 is 0 Å². The molecule has 0 aliphatic heterocycles. The fourth-order valence-corrected chi connectivity index (χ4v) is 11.5. The van der Waals surface area contributed by atoms with Crippen LogP contribution in [0.3, 0.4) is 0 Å². The summed E-state index contributed by atoms with van der Waals surface area (Å²) in [4.78, 5) is 17.9. The first-order valence-corrected chi connectivity index (χ1v) is 27.3. The van der Waals surface area contributed by atoms with Crippen molar-refractivity contribution in [1.29, 1.82) is 0 Å². The largest absolute Gasteiger partial charge is 0.333 e. The molecule has 0 bridgehead atoms. The first-order valence-electron chi connectivity index (χ1n) is 20.0. The molecule has 0 spiro atoms. The Bertz CT molecular complexity index is 3230. The van der Waals surface area contributed by atoms with E-state index in [2.05, 4.69) is 142 Å². The predicted molar refractivity (Wildman–Crippen MR) is 249 cm³/mol. The van der Waals surface area contributed by atoms with Crippen molar-refractivity contribution in [1.82, 2.24) is 19.5 Å². The van der Waals surface area contributed by atoms with E-state index in [1.807, 2.05) is 61.5 Å². The Kier molecular flexibility index (Phi) is 11.7. The van der Waals surface area contributed by atoms with Gasteiger partial charge in [-0.1, -0.05) is 78.9 Å². The van der Waals surface area contributed by atoms with Crippen molar-refractivity contribution >= 4 is 56.5 Å². The number of pyridine rings is 2. The molecule has 6 nitrogen and oxygen atoms in total. The summed E-state index contributed by atoms with van der Waals surface area (Å²) in [6.45, 7) is 11.6. The molecule has 10 rings (SSSR count). The third-order valence-corrected chi connectivity index (χ3v) is 15.2. The van der Waals surface area contributed by atoms with Crippen molar-refractivity contribution < 1.29 is 24.5 Å². The van der Waals surface area contributed by atoms with Crippen molar-refractivity contribution in [3.8, 4) is 50.6 Å². The molecule has 8 heteroatoms. The van der Waals surface area contributed by atoms with Crippen molar-refractivity contribution in [2.45, 2.75) is 31.1 Å². The zero-order chi connectivity index (χ0) is 41.4. The Morgan fingerprint density at radius 3 is 2.15 bits per heavy atom. The van der Waals surface area contributed by atoms with Gasteiger partial charge in [0.25, 0.3) is 0 Å². The maximum absolute atomic E-state index is 7.46. The quantitative estimate of drug-likeness (QED) is 0.123. The molecule has 0 saturated heterocycles. The third kappa shape index (κ3) is 8.23. The van der Waals surface area contributed by atoms with E-state index < -0.39 is 13.3 Å². The molecule has 0 fully saturated rings. The summed E-state index contributed by atoms with van der Waals surface area (Å²) >= 11 is -1.91. The van der Waals surface area contributed by atoms with Crippen molar-refractivity contribution in [2.24, 2.45) is 0 Å². The third-order valence-electron chi connectivity index (χ3n) is 10.8. The number of furan rings is 1. The summed E-state index contributed by atoms with van der Waals surface area (Å²) in [6.07, 6.45) is 2.06. The van der Waals surface area contributed by atoms with E-state index in [0.717, 1.165) is 78.1 Å². The van der Waals surface area contributed by atoms with Crippen LogP contribution in [0.2, 0.25) is 17.3 Å². The average molecular weight is 1030 g/mol. The molecule has 0 saturated carbocycles. The van der Waals surface area contributed by atoms with Gasteiger partial charge in [-0.2, -0.15) is 6.07 Å². The number of hydrogen-bond acceptors (Lipinski definition) is 4. The SMILES string of the molecule is Cc1ccc2c(n1)oc1c(-c3cc(C)[c]([Ge]([CH3])([CH3])[CH3])cn3)[c-]ccc12.[C-]#[N+]c1cc[c-]c(-c2nc3ccccc3n2-c2ccc(-c3ccccc3)cc2-c2ccccc2)c1.[Ir]. The molecule has 4 aromatic heterocycles. The van der Waals surface area contributed by atoms with Gasteiger partial charge in [0.05, 0.1) is 23.4 Å². The van der Waals surface area contributed by atoms with E-state index in [0.29, 0.717) is 11.4 Å². The summed E-state index contributed by atoms with van der Waals surface area (Å²) in [7, 11) is 0. The molecular formula is C53H41GeIrN5O-2. The Labute approximate surface area is 372 Å². The van der Waals surface area contributed by atoms with Crippen LogP contribution in [-0.2, 0) is 20.1 Å². The standard InChI is InChI=1S/C32H20N3.C21H21GeN2O.Ir/c1-33-27-16-10-15-26(21-27)32-34-29-17-8-9-18-31(29)35(32)30-20-19-25(23-11-4-2-5-12-23)22-28(30)24-13-6-3-7-14-24;1-13-11-19(23-12-18(13)22(3,4)5)17-8-6-7-15-16-10-9-14(2)24-21(16)25-20(15)17;/h2-14,16-22H;6-7,9-12H,1-5H3;/q2*-1;. The summed E-state index contributed by atoms with van der Waals surface area (Å²) in [6, 6.07) is 57.9. The van der Waals surface area contributed by atoms with Crippen LogP contribution in [0.15, 0.2) is 162 Å². The number of rotatable bonds is 6. The van der Waals surface area contributed by atoms with Crippen LogP contribution in [0.4, 0.5) is 5.69 Å². The van der Waals surface area contributed by atoms with Crippen LogP contribution in [0.1, 0.15) is 11.3 Å². The van der Waals surface area contributed by atoms with Gasteiger partial charge in [0.2, 0.25) is 0 Å². The second kappa shape index (κ2) is 17.3. The first-order chi connectivity index (χ1) is 29.2. The fourth-order valence-electron chi connectivity index (χ4n) is 7.88. The van der Waals surface area contributed by atoms with Gasteiger partial charge in [-0.3, -0.25) is 9.83 Å². The molecular weight excluding hydrogens is 987 g/mol. The van der Waals surface area contributed by atoms with Gasteiger partial charge in [0, 0.05) is 31.4 Å². The summed E-state index contributed by atoms with van der Waals surface area (Å²) < 4.78 is 9.71. The van der Waals surface area contributed by atoms with Crippen LogP contribution in [-0.4, -0.2) is 32.8 Å². The van der Waals surface area contributed by atoms with Crippen LogP contribution in [0, 0.1) is 32.6 Å². The van der Waals surface area contributed by atoms with Crippen LogP contribution >= 0.6 is 0 Å². The second-order valence-electron chi connectivity index (χ2n) is 15.9. The number of aromatic nitrogens is 4. The van der Waals surface area contributed by atoms with Crippen LogP contribution in [0.5, 0.6) is 0 Å². The molecule has 299 valence electrons. The number of benzene rings is 6. The van der Waals surface area contributed by atoms with Gasteiger partial charge in [-0.25, -0.2) is 0 Å². The molecule has 0 N–H and O–H groups in total. The summed E-state index contributed by atoms with van der Waals surface area (Å²) in [5, 5.41) is 2.10. The number of aryl methyl sites for hydroxylation is 2. The predicted octanol–water partition coefficient (Wildman–Crippen LogP) is 13.4. The Morgan fingerprint density at radius 1 is 0.689 bits per heavy atom. The minimum absolute atomic E-state index is 0. The monoisotopic (exact) mass is 1030 g/mol. The first kappa shape index (κ1) is 41.3. The molecule has 1 radical (unpaired) electrons. The van der Waals surface area contributed by atoms with Gasteiger partial charge >= 0.3 is 150 Å². The van der Waals surface area contributed by atoms with Crippen molar-refractivity contribution in [3.63, 3.8) is 0 Å². The molecule has 0 aliphatic rings. The number of hydrogen-bond donors (Lipinski definition) is 0. The molecule has 0 amide bonds. The van der Waals surface area contributed by atoms with Gasteiger partial charge in [0.15, 0.2) is 0 Å².